The van der Waals surface area contributed by atoms with E-state index in [0.29, 0.717) is 24.2 Å². The highest BCUT2D eigenvalue weighted by molar-refractivity contribution is 5.95. The van der Waals surface area contributed by atoms with Gasteiger partial charge >= 0.3 is 0 Å². The molecule has 0 unspecified atom stereocenters. The summed E-state index contributed by atoms with van der Waals surface area (Å²) in [6, 6.07) is 17.1. The Morgan fingerprint density at radius 1 is 1.08 bits per heavy atom. The average Bonchev–Trinajstić information content (AvgIpc) is 2.61. The van der Waals surface area contributed by atoms with Crippen LogP contribution >= 0.6 is 0 Å². The minimum atomic E-state index is -0.141. The molecule has 4 nitrogen and oxygen atoms in total. The number of H-pyrrole nitrogens is 1. The Hall–Kier alpha value is -2.88. The largest absolute Gasteiger partial charge is 0.334 e. The Morgan fingerprint density at radius 3 is 2.56 bits per heavy atom. The molecule has 1 amide bonds. The van der Waals surface area contributed by atoms with Crippen molar-refractivity contribution in [1.82, 2.24) is 9.88 Å². The van der Waals surface area contributed by atoms with Crippen LogP contribution in [0.25, 0.3) is 10.9 Å². The monoisotopic (exact) mass is 334 g/mol. The third-order valence-corrected chi connectivity index (χ3v) is 4.35. The van der Waals surface area contributed by atoms with Crippen molar-refractivity contribution in [1.29, 1.82) is 0 Å². The van der Waals surface area contributed by atoms with Gasteiger partial charge in [-0.25, -0.2) is 0 Å². The SMILES string of the molecule is CCCN(Cc1cc2ccccc2[nH]c1=O)C(=O)c1ccccc1C. The fourth-order valence-corrected chi connectivity index (χ4v) is 3.02. The molecule has 0 aliphatic rings. The first-order valence-electron chi connectivity index (χ1n) is 8.56. The lowest BCUT2D eigenvalue weighted by molar-refractivity contribution is 0.0742. The highest BCUT2D eigenvalue weighted by Gasteiger charge is 2.18. The van der Waals surface area contributed by atoms with Crippen molar-refractivity contribution < 1.29 is 4.79 Å². The van der Waals surface area contributed by atoms with Crippen LogP contribution in [-0.2, 0) is 6.54 Å². The molecule has 25 heavy (non-hydrogen) atoms. The van der Waals surface area contributed by atoms with Gasteiger partial charge in [-0.1, -0.05) is 43.3 Å². The van der Waals surface area contributed by atoms with E-state index < -0.39 is 0 Å². The summed E-state index contributed by atoms with van der Waals surface area (Å²) >= 11 is 0. The molecule has 0 saturated carbocycles. The quantitative estimate of drug-likeness (QED) is 0.769. The molecule has 0 saturated heterocycles. The molecular weight excluding hydrogens is 312 g/mol. The highest BCUT2D eigenvalue weighted by Crippen LogP contribution is 2.15. The van der Waals surface area contributed by atoms with E-state index in [1.54, 1.807) is 4.90 Å². The number of rotatable bonds is 5. The summed E-state index contributed by atoms with van der Waals surface area (Å²) in [6.07, 6.45) is 0.836. The first-order chi connectivity index (χ1) is 12.1. The number of amides is 1. The van der Waals surface area contributed by atoms with E-state index in [-0.39, 0.29) is 11.5 Å². The fraction of sp³-hybridized carbons (Fsp3) is 0.238. The van der Waals surface area contributed by atoms with Gasteiger partial charge in [0.15, 0.2) is 0 Å². The second-order valence-electron chi connectivity index (χ2n) is 6.25. The number of aryl methyl sites for hydroxylation is 1. The van der Waals surface area contributed by atoms with E-state index >= 15 is 0 Å². The zero-order valence-electron chi connectivity index (χ0n) is 14.6. The number of nitrogens with zero attached hydrogens (tertiary/aromatic N) is 1. The van der Waals surface area contributed by atoms with Crippen molar-refractivity contribution in [2.45, 2.75) is 26.8 Å². The van der Waals surface area contributed by atoms with Crippen molar-refractivity contribution in [3.63, 3.8) is 0 Å². The molecule has 0 atom stereocenters. The van der Waals surface area contributed by atoms with Gasteiger partial charge in [0.25, 0.3) is 11.5 Å². The lowest BCUT2D eigenvalue weighted by Gasteiger charge is -2.23. The summed E-state index contributed by atoms with van der Waals surface area (Å²) < 4.78 is 0. The number of aromatic nitrogens is 1. The van der Waals surface area contributed by atoms with Crippen molar-refractivity contribution in [3.05, 3.63) is 81.6 Å². The third-order valence-electron chi connectivity index (χ3n) is 4.35. The number of carbonyl (C=O) groups is 1. The van der Waals surface area contributed by atoms with Crippen LogP contribution in [0.1, 0.15) is 34.8 Å². The van der Waals surface area contributed by atoms with Crippen molar-refractivity contribution in [2.75, 3.05) is 6.54 Å². The molecule has 4 heteroatoms. The van der Waals surface area contributed by atoms with E-state index in [1.165, 1.54) is 0 Å². The van der Waals surface area contributed by atoms with Crippen molar-refractivity contribution in [3.8, 4) is 0 Å². The minimum absolute atomic E-state index is 0.0347. The standard InChI is InChI=1S/C21H22N2O2/c1-3-12-23(21(25)18-10-6-4-8-15(18)2)14-17-13-16-9-5-7-11-19(16)22-20(17)24/h4-11,13H,3,12,14H2,1-2H3,(H,22,24). The third kappa shape index (κ3) is 3.63. The summed E-state index contributed by atoms with van der Waals surface area (Å²) in [5.41, 5.74) is 2.91. The van der Waals surface area contributed by atoms with Crippen LogP contribution in [0.3, 0.4) is 0 Å². The molecule has 0 fully saturated rings. The molecule has 0 spiro atoms. The zero-order chi connectivity index (χ0) is 17.8. The maximum absolute atomic E-state index is 12.9. The van der Waals surface area contributed by atoms with Gasteiger partial charge < -0.3 is 9.88 Å². The Bertz CT molecular complexity index is 959. The lowest BCUT2D eigenvalue weighted by Crippen LogP contribution is -2.33. The summed E-state index contributed by atoms with van der Waals surface area (Å²) in [4.78, 5) is 30.0. The second-order valence-corrected chi connectivity index (χ2v) is 6.25. The smallest absolute Gasteiger partial charge is 0.254 e. The molecule has 1 N–H and O–H groups in total. The van der Waals surface area contributed by atoms with Crippen LogP contribution in [0.2, 0.25) is 0 Å². The van der Waals surface area contributed by atoms with Crippen LogP contribution in [0.4, 0.5) is 0 Å². The minimum Gasteiger partial charge on any atom is -0.334 e. The van der Waals surface area contributed by atoms with Crippen molar-refractivity contribution in [2.24, 2.45) is 0 Å². The molecule has 1 aromatic heterocycles. The molecule has 128 valence electrons. The maximum Gasteiger partial charge on any atom is 0.254 e. The number of para-hydroxylation sites is 1. The zero-order valence-corrected chi connectivity index (χ0v) is 14.6. The van der Waals surface area contributed by atoms with E-state index in [0.717, 1.165) is 22.9 Å². The molecule has 0 aliphatic heterocycles. The lowest BCUT2D eigenvalue weighted by atomic mass is 10.1. The predicted octanol–water partition coefficient (Wildman–Crippen LogP) is 3.89. The highest BCUT2D eigenvalue weighted by atomic mass is 16.2. The van der Waals surface area contributed by atoms with Gasteiger partial charge in [0, 0.05) is 23.2 Å². The van der Waals surface area contributed by atoms with Gasteiger partial charge in [-0.05, 0) is 42.5 Å². The van der Waals surface area contributed by atoms with Gasteiger partial charge in [0.2, 0.25) is 0 Å². The number of benzene rings is 2. The fourth-order valence-electron chi connectivity index (χ4n) is 3.02. The first kappa shape index (κ1) is 17.0. The molecule has 2 aromatic carbocycles. The topological polar surface area (TPSA) is 53.2 Å². The van der Waals surface area contributed by atoms with Crippen LogP contribution in [0, 0.1) is 6.92 Å². The van der Waals surface area contributed by atoms with Crippen LogP contribution in [-0.4, -0.2) is 22.3 Å². The van der Waals surface area contributed by atoms with E-state index in [1.807, 2.05) is 68.4 Å². The molecular formula is C21H22N2O2. The second kappa shape index (κ2) is 7.34. The predicted molar refractivity (Wildman–Crippen MR) is 101 cm³/mol. The van der Waals surface area contributed by atoms with Gasteiger partial charge in [-0.2, -0.15) is 0 Å². The Kier molecular flexibility index (Phi) is 4.98. The number of hydrogen-bond acceptors (Lipinski definition) is 2. The summed E-state index contributed by atoms with van der Waals surface area (Å²) in [5.74, 6) is -0.0347. The molecule has 0 aliphatic carbocycles. The van der Waals surface area contributed by atoms with Crippen LogP contribution < -0.4 is 5.56 Å². The van der Waals surface area contributed by atoms with E-state index in [2.05, 4.69) is 4.98 Å². The first-order valence-corrected chi connectivity index (χ1v) is 8.56. The maximum atomic E-state index is 12.9. The Balaban J connectivity index is 1.95. The van der Waals surface area contributed by atoms with Gasteiger partial charge in [-0.15, -0.1) is 0 Å². The molecule has 0 radical (unpaired) electrons. The number of pyridine rings is 1. The van der Waals surface area contributed by atoms with Gasteiger partial charge in [0.1, 0.15) is 0 Å². The normalized spacial score (nSPS) is 10.8. The number of fused-ring (bicyclic) bond motifs is 1. The van der Waals surface area contributed by atoms with E-state index in [4.69, 9.17) is 0 Å². The average molecular weight is 334 g/mol. The van der Waals surface area contributed by atoms with Gasteiger partial charge in [0.05, 0.1) is 6.54 Å². The molecule has 3 aromatic rings. The number of nitrogens with one attached hydrogen (secondary N) is 1. The number of hydrogen-bond donors (Lipinski definition) is 1. The summed E-state index contributed by atoms with van der Waals surface area (Å²) in [7, 11) is 0. The summed E-state index contributed by atoms with van der Waals surface area (Å²) in [5, 5.41) is 0.969. The molecule has 0 bridgehead atoms. The Labute approximate surface area is 147 Å². The van der Waals surface area contributed by atoms with Crippen LogP contribution in [0.15, 0.2) is 59.4 Å². The molecule has 1 heterocycles. The van der Waals surface area contributed by atoms with Crippen molar-refractivity contribution >= 4 is 16.8 Å². The van der Waals surface area contributed by atoms with Crippen LogP contribution in [0.5, 0.6) is 0 Å². The number of aromatic amines is 1. The summed E-state index contributed by atoms with van der Waals surface area (Å²) in [6.45, 7) is 4.88. The number of carbonyl (C=O) groups excluding carboxylic acids is 1. The van der Waals surface area contributed by atoms with E-state index in [9.17, 15) is 9.59 Å². The van der Waals surface area contributed by atoms with Gasteiger partial charge in [-0.3, -0.25) is 9.59 Å². The Morgan fingerprint density at radius 2 is 1.80 bits per heavy atom. The molecule has 3 rings (SSSR count).